The second-order valence-electron chi connectivity index (χ2n) is 7.17. The molecular weight excluding hydrogens is 404 g/mol. The molecule has 0 fully saturated rings. The third-order valence-electron chi connectivity index (χ3n) is 5.39. The standard InChI is InChI=1S/C22H20N2O5S/c1-2-29-21(26)18-13-15-8-11-17(23-19-5-3-4-12-22(15,19)30-18)20(25)14-6-9-16(10-7-14)24(27)28/h3-7,9-10,12-13,17-18H,2,8,11H2,1H3. The molecule has 0 bridgehead atoms. The first-order valence-corrected chi connectivity index (χ1v) is 10.6. The lowest BCUT2D eigenvalue weighted by molar-refractivity contribution is -0.384. The SMILES string of the molecule is CCOC(=O)C1C=C2CCC(C(=O)c3ccc([N+](=O)[O-])cc3)N=C3C=CC=CC23S1. The summed E-state index contributed by atoms with van der Waals surface area (Å²) in [6, 6.07) is 5.04. The maximum atomic E-state index is 13.1. The van der Waals surface area contributed by atoms with E-state index in [1.807, 2.05) is 30.4 Å². The lowest BCUT2D eigenvalue weighted by Crippen LogP contribution is -2.34. The first-order chi connectivity index (χ1) is 14.4. The highest BCUT2D eigenvalue weighted by atomic mass is 32.2. The number of nitro benzene ring substituents is 1. The summed E-state index contributed by atoms with van der Waals surface area (Å²) in [6.07, 6.45) is 10.8. The number of aliphatic imine (C=N–C) groups is 1. The second kappa shape index (κ2) is 8.02. The van der Waals surface area contributed by atoms with Gasteiger partial charge < -0.3 is 4.74 Å². The van der Waals surface area contributed by atoms with E-state index < -0.39 is 21.0 Å². The van der Waals surface area contributed by atoms with E-state index in [4.69, 9.17) is 9.73 Å². The van der Waals surface area contributed by atoms with E-state index in [9.17, 15) is 19.7 Å². The summed E-state index contributed by atoms with van der Waals surface area (Å²) >= 11 is 1.48. The number of carbonyl (C=O) groups excluding carboxylic acids is 2. The molecule has 4 rings (SSSR count). The van der Waals surface area contributed by atoms with Gasteiger partial charge in [0.25, 0.3) is 5.69 Å². The zero-order valence-electron chi connectivity index (χ0n) is 16.3. The topological polar surface area (TPSA) is 98.9 Å². The van der Waals surface area contributed by atoms with Gasteiger partial charge in [-0.15, -0.1) is 11.8 Å². The van der Waals surface area contributed by atoms with Gasteiger partial charge in [0.05, 0.1) is 22.0 Å². The van der Waals surface area contributed by atoms with E-state index in [0.29, 0.717) is 25.0 Å². The Morgan fingerprint density at radius 1 is 1.30 bits per heavy atom. The molecule has 7 nitrogen and oxygen atoms in total. The van der Waals surface area contributed by atoms with E-state index in [1.54, 1.807) is 6.92 Å². The summed E-state index contributed by atoms with van der Waals surface area (Å²) < 4.78 is 4.64. The van der Waals surface area contributed by atoms with Crippen LogP contribution in [0.3, 0.4) is 0 Å². The summed E-state index contributed by atoms with van der Waals surface area (Å²) in [5, 5.41) is 10.5. The van der Waals surface area contributed by atoms with Gasteiger partial charge in [0, 0.05) is 17.7 Å². The molecule has 1 aromatic carbocycles. The van der Waals surface area contributed by atoms with E-state index in [2.05, 4.69) is 0 Å². The van der Waals surface area contributed by atoms with E-state index in [-0.39, 0.29) is 17.4 Å². The van der Waals surface area contributed by atoms with E-state index in [0.717, 1.165) is 11.3 Å². The fraction of sp³-hybridized carbons (Fsp3) is 0.318. The van der Waals surface area contributed by atoms with Crippen LogP contribution < -0.4 is 0 Å². The van der Waals surface area contributed by atoms with Gasteiger partial charge in [-0.25, -0.2) is 0 Å². The molecule has 0 amide bonds. The predicted molar refractivity (Wildman–Crippen MR) is 115 cm³/mol. The molecule has 3 atom stereocenters. The minimum absolute atomic E-state index is 0.0564. The van der Waals surface area contributed by atoms with Crippen LogP contribution in [-0.4, -0.2) is 45.0 Å². The zero-order valence-corrected chi connectivity index (χ0v) is 17.1. The Labute approximate surface area is 177 Å². The van der Waals surface area contributed by atoms with Crippen molar-refractivity contribution < 1.29 is 19.2 Å². The Bertz CT molecular complexity index is 1020. The minimum Gasteiger partial charge on any atom is -0.465 e. The average Bonchev–Trinajstić information content (AvgIpc) is 3.03. The summed E-state index contributed by atoms with van der Waals surface area (Å²) in [4.78, 5) is 40.5. The highest BCUT2D eigenvalue weighted by Gasteiger charge is 2.48. The molecule has 2 aliphatic heterocycles. The van der Waals surface area contributed by atoms with Crippen molar-refractivity contribution in [2.75, 3.05) is 6.61 Å². The van der Waals surface area contributed by atoms with Crippen molar-refractivity contribution in [2.24, 2.45) is 4.99 Å². The van der Waals surface area contributed by atoms with Crippen molar-refractivity contribution in [1.29, 1.82) is 0 Å². The van der Waals surface area contributed by atoms with Crippen LogP contribution in [0.2, 0.25) is 0 Å². The molecular formula is C22H20N2O5S. The highest BCUT2D eigenvalue weighted by molar-refractivity contribution is 8.03. The number of hydrogen-bond donors (Lipinski definition) is 0. The molecule has 154 valence electrons. The highest BCUT2D eigenvalue weighted by Crippen LogP contribution is 2.50. The first-order valence-electron chi connectivity index (χ1n) is 9.73. The van der Waals surface area contributed by atoms with Crippen LogP contribution in [0.15, 0.2) is 65.2 Å². The number of nitrogens with zero attached hydrogens (tertiary/aromatic N) is 2. The van der Waals surface area contributed by atoms with Crippen molar-refractivity contribution in [3.63, 3.8) is 0 Å². The van der Waals surface area contributed by atoms with Crippen LogP contribution in [0.4, 0.5) is 5.69 Å². The van der Waals surface area contributed by atoms with Gasteiger partial charge in [0.2, 0.25) is 0 Å². The van der Waals surface area contributed by atoms with Crippen LogP contribution in [0.1, 0.15) is 30.1 Å². The van der Waals surface area contributed by atoms with Gasteiger partial charge >= 0.3 is 5.97 Å². The smallest absolute Gasteiger partial charge is 0.323 e. The van der Waals surface area contributed by atoms with Crippen molar-refractivity contribution in [1.82, 2.24) is 0 Å². The number of thioether (sulfide) groups is 1. The first kappa shape index (κ1) is 20.3. The van der Waals surface area contributed by atoms with Gasteiger partial charge in [0.1, 0.15) is 11.3 Å². The number of ketones is 1. The molecule has 0 radical (unpaired) electrons. The van der Waals surface area contributed by atoms with Crippen molar-refractivity contribution in [3.8, 4) is 0 Å². The van der Waals surface area contributed by atoms with Crippen molar-refractivity contribution in [2.45, 2.75) is 35.8 Å². The number of carbonyl (C=O) groups is 2. The maximum Gasteiger partial charge on any atom is 0.323 e. The molecule has 3 aliphatic rings. The van der Waals surface area contributed by atoms with Gasteiger partial charge in [-0.1, -0.05) is 24.3 Å². The molecule has 0 N–H and O–H groups in total. The second-order valence-corrected chi connectivity index (χ2v) is 8.56. The number of nitro groups is 1. The van der Waals surface area contributed by atoms with Crippen LogP contribution in [0.25, 0.3) is 0 Å². The summed E-state index contributed by atoms with van der Waals surface area (Å²) in [7, 11) is 0. The summed E-state index contributed by atoms with van der Waals surface area (Å²) in [5.74, 6) is -0.429. The molecule has 1 aliphatic carbocycles. The number of hydrogen-bond acceptors (Lipinski definition) is 7. The number of esters is 1. The maximum absolute atomic E-state index is 13.1. The van der Waals surface area contributed by atoms with Crippen LogP contribution in [-0.2, 0) is 9.53 Å². The number of ether oxygens (including phenoxy) is 1. The number of rotatable bonds is 5. The largest absolute Gasteiger partial charge is 0.465 e. The van der Waals surface area contributed by atoms with Gasteiger partial charge in [0.15, 0.2) is 5.78 Å². The predicted octanol–water partition coefficient (Wildman–Crippen LogP) is 3.85. The van der Waals surface area contributed by atoms with Gasteiger partial charge in [-0.2, -0.15) is 0 Å². The number of allylic oxidation sites excluding steroid dienone is 3. The quantitative estimate of drug-likeness (QED) is 0.234. The molecule has 2 heterocycles. The molecule has 1 aromatic rings. The van der Waals surface area contributed by atoms with Crippen LogP contribution >= 0.6 is 11.8 Å². The molecule has 3 unspecified atom stereocenters. The summed E-state index contributed by atoms with van der Waals surface area (Å²) in [6.45, 7) is 2.11. The fourth-order valence-electron chi connectivity index (χ4n) is 3.94. The normalized spacial score (nSPS) is 26.7. The Balaban J connectivity index is 1.63. The Kier molecular flexibility index (Phi) is 5.42. The molecule has 8 heteroatoms. The van der Waals surface area contributed by atoms with Gasteiger partial charge in [-0.3, -0.25) is 24.7 Å². The van der Waals surface area contributed by atoms with E-state index in [1.165, 1.54) is 36.0 Å². The Morgan fingerprint density at radius 2 is 2.07 bits per heavy atom. The van der Waals surface area contributed by atoms with Crippen LogP contribution in [0.5, 0.6) is 0 Å². The number of benzene rings is 1. The summed E-state index contributed by atoms with van der Waals surface area (Å²) in [5.41, 5.74) is 2.14. The zero-order chi connectivity index (χ0) is 21.3. The molecule has 1 spiro atoms. The Morgan fingerprint density at radius 3 is 2.77 bits per heavy atom. The minimum atomic E-state index is -0.581. The third kappa shape index (κ3) is 3.52. The van der Waals surface area contributed by atoms with E-state index >= 15 is 0 Å². The molecule has 0 saturated carbocycles. The number of non-ortho nitro benzene ring substituents is 1. The van der Waals surface area contributed by atoms with Crippen molar-refractivity contribution >= 4 is 34.9 Å². The average molecular weight is 424 g/mol. The lowest BCUT2D eigenvalue weighted by Gasteiger charge is -2.30. The molecule has 30 heavy (non-hydrogen) atoms. The monoisotopic (exact) mass is 424 g/mol. The van der Waals surface area contributed by atoms with Gasteiger partial charge in [-0.05, 0) is 43.5 Å². The fourth-order valence-corrected chi connectivity index (χ4v) is 5.45. The Hall–Kier alpha value is -3.00. The molecule has 0 saturated heterocycles. The third-order valence-corrected chi connectivity index (χ3v) is 6.95. The van der Waals surface area contributed by atoms with Crippen LogP contribution in [0, 0.1) is 10.1 Å². The van der Waals surface area contributed by atoms with Crippen molar-refractivity contribution in [3.05, 3.63) is 75.9 Å². The number of Topliss-reactive ketones (excluding diaryl/α,β-unsaturated/α-hetero) is 1. The molecule has 0 aromatic heterocycles. The lowest BCUT2D eigenvalue weighted by atomic mass is 9.87.